The number of ether oxygens (including phenoxy) is 1. The van der Waals surface area contributed by atoms with Gasteiger partial charge in [-0.05, 0) is 25.7 Å². The minimum atomic E-state index is -0.0331. The van der Waals surface area contributed by atoms with Gasteiger partial charge in [-0.2, -0.15) is 15.2 Å². The first-order valence-corrected chi connectivity index (χ1v) is 10.6. The quantitative estimate of drug-likeness (QED) is 0.597. The first kappa shape index (κ1) is 19.8. The Balaban J connectivity index is 1.44. The smallest absolute Gasteiger partial charge is 0.228 e. The molecule has 3 N–H and O–H groups in total. The van der Waals surface area contributed by atoms with Crippen molar-refractivity contribution in [3.8, 4) is 11.9 Å². The van der Waals surface area contributed by atoms with Gasteiger partial charge in [0.05, 0.1) is 24.7 Å². The Bertz CT molecular complexity index is 870. The predicted molar refractivity (Wildman–Crippen MR) is 110 cm³/mol. The molecule has 4 heterocycles. The van der Waals surface area contributed by atoms with Gasteiger partial charge < -0.3 is 20.5 Å². The van der Waals surface area contributed by atoms with E-state index in [9.17, 15) is 5.11 Å². The van der Waals surface area contributed by atoms with Crippen LogP contribution in [-0.4, -0.2) is 56.7 Å². The van der Waals surface area contributed by atoms with Crippen molar-refractivity contribution in [2.45, 2.75) is 56.8 Å². The molecule has 154 valence electrons. The summed E-state index contributed by atoms with van der Waals surface area (Å²) in [5.74, 6) is 1.59. The Morgan fingerprint density at radius 1 is 1.34 bits per heavy atom. The number of aromatic nitrogens is 3. The maximum atomic E-state index is 9.21. The van der Waals surface area contributed by atoms with Gasteiger partial charge in [0.15, 0.2) is 5.13 Å². The van der Waals surface area contributed by atoms with Crippen LogP contribution in [0.25, 0.3) is 0 Å². The van der Waals surface area contributed by atoms with E-state index in [1.165, 1.54) is 24.2 Å². The zero-order chi connectivity index (χ0) is 20.2. The molecule has 2 aromatic rings. The third kappa shape index (κ3) is 4.58. The number of hydrogen-bond donors (Lipinski definition) is 3. The van der Waals surface area contributed by atoms with Gasteiger partial charge in [0.2, 0.25) is 11.8 Å². The van der Waals surface area contributed by atoms with Gasteiger partial charge in [-0.3, -0.25) is 4.90 Å². The first-order valence-electron chi connectivity index (χ1n) is 9.83. The molecule has 2 bridgehead atoms. The lowest BCUT2D eigenvalue weighted by molar-refractivity contribution is 0.135. The van der Waals surface area contributed by atoms with Crippen molar-refractivity contribution in [1.29, 1.82) is 5.26 Å². The zero-order valence-electron chi connectivity index (χ0n) is 16.3. The summed E-state index contributed by atoms with van der Waals surface area (Å²) in [5.41, 5.74) is 0. The van der Waals surface area contributed by atoms with E-state index >= 15 is 0 Å². The molecule has 0 aliphatic carbocycles. The molecule has 2 atom stereocenters. The molecule has 0 spiro atoms. The summed E-state index contributed by atoms with van der Waals surface area (Å²) in [4.78, 5) is 16.6. The third-order valence-corrected chi connectivity index (χ3v) is 6.45. The highest BCUT2D eigenvalue weighted by Crippen LogP contribution is 2.36. The molecule has 10 heteroatoms. The van der Waals surface area contributed by atoms with Crippen LogP contribution in [0.2, 0.25) is 0 Å². The second-order valence-electron chi connectivity index (χ2n) is 7.38. The number of aliphatic hydroxyl groups excluding tert-OH is 1. The summed E-state index contributed by atoms with van der Waals surface area (Å²) in [5, 5.41) is 25.4. The monoisotopic (exact) mass is 415 g/mol. The summed E-state index contributed by atoms with van der Waals surface area (Å²) >= 11 is 1.38. The van der Waals surface area contributed by atoms with Crippen LogP contribution in [0.5, 0.6) is 5.88 Å². The molecule has 4 rings (SSSR count). The summed E-state index contributed by atoms with van der Waals surface area (Å²) < 4.78 is 5.34. The van der Waals surface area contributed by atoms with Gasteiger partial charge in [-0.25, -0.2) is 4.98 Å². The van der Waals surface area contributed by atoms with E-state index in [0.717, 1.165) is 24.3 Å². The fraction of sp³-hybridized carbons (Fsp3) is 0.579. The number of thiazole rings is 1. The summed E-state index contributed by atoms with van der Waals surface area (Å²) in [6.07, 6.45) is 6.66. The molecule has 9 nitrogen and oxygen atoms in total. The molecule has 0 saturated carbocycles. The standard InChI is InChI=1S/C19H25N7O2S/c1-28-17-9-16(24-19-21-10-15(11-27)29-19)23-18(25-17)22-12-7-13-3-4-14(8-12)26(13)6-2-5-20/h9-10,12-14,27H,2-4,6-8,11H2,1H3,(H2,21,22,23,24,25). The lowest BCUT2D eigenvalue weighted by atomic mass is 9.97. The number of nitriles is 1. The summed E-state index contributed by atoms with van der Waals surface area (Å²) in [6.45, 7) is 0.834. The van der Waals surface area contributed by atoms with E-state index in [1.807, 2.05) is 0 Å². The zero-order valence-corrected chi connectivity index (χ0v) is 17.2. The number of nitrogens with one attached hydrogen (secondary N) is 2. The first-order chi connectivity index (χ1) is 14.2. The molecule has 0 amide bonds. The molecule has 2 aliphatic heterocycles. The molecule has 29 heavy (non-hydrogen) atoms. The molecule has 2 saturated heterocycles. The van der Waals surface area contributed by atoms with Crippen LogP contribution in [0.15, 0.2) is 12.3 Å². The molecule has 2 aliphatic rings. The van der Waals surface area contributed by atoms with Crippen molar-refractivity contribution in [2.24, 2.45) is 0 Å². The van der Waals surface area contributed by atoms with Gasteiger partial charge in [0.1, 0.15) is 5.82 Å². The van der Waals surface area contributed by atoms with Crippen molar-refractivity contribution >= 4 is 28.2 Å². The van der Waals surface area contributed by atoms with Crippen molar-refractivity contribution in [1.82, 2.24) is 19.9 Å². The van der Waals surface area contributed by atoms with Crippen LogP contribution in [0.1, 0.15) is 37.0 Å². The molecular formula is C19H25N7O2S. The second kappa shape index (κ2) is 8.90. The van der Waals surface area contributed by atoms with Crippen LogP contribution < -0.4 is 15.4 Å². The number of fused-ring (bicyclic) bond motifs is 2. The van der Waals surface area contributed by atoms with E-state index < -0.39 is 0 Å². The van der Waals surface area contributed by atoms with Crippen molar-refractivity contribution in [3.63, 3.8) is 0 Å². The van der Waals surface area contributed by atoms with Crippen LogP contribution in [-0.2, 0) is 6.61 Å². The Morgan fingerprint density at radius 3 is 2.79 bits per heavy atom. The number of hydrogen-bond acceptors (Lipinski definition) is 10. The highest BCUT2D eigenvalue weighted by molar-refractivity contribution is 7.15. The normalized spacial score (nSPS) is 23.6. The van der Waals surface area contributed by atoms with Gasteiger partial charge >= 0.3 is 0 Å². The number of rotatable bonds is 8. The fourth-order valence-corrected chi connectivity index (χ4v) is 5.00. The van der Waals surface area contributed by atoms with Crippen LogP contribution in [0.3, 0.4) is 0 Å². The van der Waals surface area contributed by atoms with E-state index in [0.29, 0.717) is 47.3 Å². The minimum absolute atomic E-state index is 0.0331. The van der Waals surface area contributed by atoms with Crippen LogP contribution in [0, 0.1) is 11.3 Å². The minimum Gasteiger partial charge on any atom is -0.481 e. The SMILES string of the molecule is COc1cc(Nc2ncc(CO)s2)nc(NC2CC3CCC(C2)N3CCC#N)n1. The molecular weight excluding hydrogens is 390 g/mol. The van der Waals surface area contributed by atoms with Crippen molar-refractivity contribution < 1.29 is 9.84 Å². The highest BCUT2D eigenvalue weighted by atomic mass is 32.1. The molecule has 2 aromatic heterocycles. The fourth-order valence-electron chi connectivity index (χ4n) is 4.32. The third-order valence-electron chi connectivity index (χ3n) is 5.56. The van der Waals surface area contributed by atoms with Crippen molar-refractivity contribution in [2.75, 3.05) is 24.3 Å². The van der Waals surface area contributed by atoms with Crippen LogP contribution in [0.4, 0.5) is 16.9 Å². The van der Waals surface area contributed by atoms with E-state index in [-0.39, 0.29) is 6.61 Å². The number of piperidine rings is 1. The lowest BCUT2D eigenvalue weighted by Crippen LogP contribution is -2.47. The Hall–Kier alpha value is -2.48. The second-order valence-corrected chi connectivity index (χ2v) is 8.49. The lowest BCUT2D eigenvalue weighted by Gasteiger charge is -2.38. The predicted octanol–water partition coefficient (Wildman–Crippen LogP) is 2.50. The number of anilines is 3. The van der Waals surface area contributed by atoms with E-state index in [4.69, 9.17) is 10.00 Å². The van der Waals surface area contributed by atoms with Crippen molar-refractivity contribution in [3.05, 3.63) is 17.1 Å². The Morgan fingerprint density at radius 2 is 2.14 bits per heavy atom. The summed E-state index contributed by atoms with van der Waals surface area (Å²) in [7, 11) is 1.58. The molecule has 0 radical (unpaired) electrons. The molecule has 2 fully saturated rings. The van der Waals surface area contributed by atoms with E-state index in [2.05, 4.69) is 36.6 Å². The number of aliphatic hydroxyl groups is 1. The van der Waals surface area contributed by atoms with Gasteiger partial charge in [0.25, 0.3) is 0 Å². The van der Waals surface area contributed by atoms with Gasteiger partial charge in [0, 0.05) is 43.4 Å². The highest BCUT2D eigenvalue weighted by Gasteiger charge is 2.40. The topological polar surface area (TPSA) is 119 Å². The maximum Gasteiger partial charge on any atom is 0.228 e. The van der Waals surface area contributed by atoms with E-state index in [1.54, 1.807) is 19.4 Å². The number of methoxy groups -OCH3 is 1. The van der Waals surface area contributed by atoms with Gasteiger partial charge in [-0.15, -0.1) is 0 Å². The van der Waals surface area contributed by atoms with Gasteiger partial charge in [-0.1, -0.05) is 11.3 Å². The van der Waals surface area contributed by atoms with Crippen LogP contribution >= 0.6 is 11.3 Å². The molecule has 0 aromatic carbocycles. The average molecular weight is 416 g/mol. The average Bonchev–Trinajstić information content (AvgIpc) is 3.27. The largest absolute Gasteiger partial charge is 0.481 e. The number of nitrogens with zero attached hydrogens (tertiary/aromatic N) is 5. The molecule has 2 unspecified atom stereocenters. The Labute approximate surface area is 173 Å². The summed E-state index contributed by atoms with van der Waals surface area (Å²) in [6, 6.07) is 5.33. The maximum absolute atomic E-state index is 9.21. The Kier molecular flexibility index (Phi) is 6.08.